The first-order chi connectivity index (χ1) is 8.86. The van der Waals surface area contributed by atoms with E-state index < -0.39 is 17.8 Å². The molecule has 1 N–H and O–H groups in total. The fourth-order valence-electron chi connectivity index (χ4n) is 1.44. The average Bonchev–Trinajstić information content (AvgIpc) is 2.77. The Kier molecular flexibility index (Phi) is 3.70. The van der Waals surface area contributed by atoms with Crippen LogP contribution in [0.4, 0.5) is 22.7 Å². The smallest absolute Gasteiger partial charge is 0.354 e. The number of anilines is 1. The molecular formula is C11H9F4N3S. The van der Waals surface area contributed by atoms with Crippen molar-refractivity contribution in [3.63, 3.8) is 0 Å². The van der Waals surface area contributed by atoms with Gasteiger partial charge in [0.05, 0.1) is 6.04 Å². The maximum absolute atomic E-state index is 13.0. The van der Waals surface area contributed by atoms with Crippen molar-refractivity contribution in [2.45, 2.75) is 19.1 Å². The van der Waals surface area contributed by atoms with E-state index in [1.54, 1.807) is 13.0 Å². The highest BCUT2D eigenvalue weighted by Crippen LogP contribution is 2.30. The summed E-state index contributed by atoms with van der Waals surface area (Å²) in [4.78, 5) is 3.35. The van der Waals surface area contributed by atoms with Crippen molar-refractivity contribution < 1.29 is 17.6 Å². The number of alkyl halides is 3. The summed E-state index contributed by atoms with van der Waals surface area (Å²) in [5, 5.41) is 2.80. The Balaban J connectivity index is 2.11. The molecular weight excluding hydrogens is 282 g/mol. The quantitative estimate of drug-likeness (QED) is 0.872. The molecule has 1 heterocycles. The lowest BCUT2D eigenvalue weighted by Gasteiger charge is -2.12. The van der Waals surface area contributed by atoms with Gasteiger partial charge in [-0.25, -0.2) is 4.39 Å². The molecule has 0 saturated carbocycles. The lowest BCUT2D eigenvalue weighted by molar-refractivity contribution is -0.144. The molecule has 1 aromatic heterocycles. The van der Waals surface area contributed by atoms with E-state index in [4.69, 9.17) is 0 Å². The molecule has 0 bridgehead atoms. The summed E-state index contributed by atoms with van der Waals surface area (Å²) in [6, 6.07) is 5.44. The summed E-state index contributed by atoms with van der Waals surface area (Å²) in [6.45, 7) is 1.70. The van der Waals surface area contributed by atoms with Crippen LogP contribution in [0, 0.1) is 5.82 Å². The molecule has 1 atom stereocenters. The molecule has 0 spiro atoms. The molecule has 0 radical (unpaired) electrons. The van der Waals surface area contributed by atoms with Crippen LogP contribution in [-0.4, -0.2) is 9.36 Å². The summed E-state index contributed by atoms with van der Waals surface area (Å²) in [7, 11) is 0. The Morgan fingerprint density at radius 3 is 2.63 bits per heavy atom. The maximum atomic E-state index is 13.0. The molecule has 1 aromatic carbocycles. The van der Waals surface area contributed by atoms with E-state index >= 15 is 0 Å². The van der Waals surface area contributed by atoms with Crippen LogP contribution in [0.2, 0.25) is 0 Å². The Morgan fingerprint density at radius 2 is 2.05 bits per heavy atom. The van der Waals surface area contributed by atoms with Gasteiger partial charge in [-0.05, 0) is 24.6 Å². The molecule has 8 heteroatoms. The van der Waals surface area contributed by atoms with Gasteiger partial charge >= 0.3 is 6.18 Å². The summed E-state index contributed by atoms with van der Waals surface area (Å²) in [6.07, 6.45) is -4.56. The topological polar surface area (TPSA) is 37.8 Å². The van der Waals surface area contributed by atoms with Gasteiger partial charge in [0.25, 0.3) is 0 Å². The fraction of sp³-hybridized carbons (Fsp3) is 0.273. The minimum atomic E-state index is -4.56. The molecule has 3 nitrogen and oxygen atoms in total. The van der Waals surface area contributed by atoms with Crippen LogP contribution in [0.5, 0.6) is 0 Å². The van der Waals surface area contributed by atoms with E-state index in [2.05, 4.69) is 14.7 Å². The van der Waals surface area contributed by atoms with Crippen molar-refractivity contribution in [2.75, 3.05) is 5.32 Å². The highest BCUT2D eigenvalue weighted by Gasteiger charge is 2.36. The summed E-state index contributed by atoms with van der Waals surface area (Å²) in [5.41, 5.74) is 0.615. The lowest BCUT2D eigenvalue weighted by Crippen LogP contribution is -2.09. The van der Waals surface area contributed by atoms with Crippen molar-refractivity contribution in [3.05, 3.63) is 41.5 Å². The molecule has 0 fully saturated rings. The monoisotopic (exact) mass is 291 g/mol. The second kappa shape index (κ2) is 5.12. The zero-order valence-electron chi connectivity index (χ0n) is 9.70. The Labute approximate surface area is 110 Å². The van der Waals surface area contributed by atoms with Crippen LogP contribution >= 0.6 is 11.5 Å². The maximum Gasteiger partial charge on any atom is 0.452 e. The van der Waals surface area contributed by atoms with E-state index in [-0.39, 0.29) is 11.2 Å². The molecule has 0 aliphatic carbocycles. The fourth-order valence-corrected chi connectivity index (χ4v) is 2.12. The van der Waals surface area contributed by atoms with Crippen molar-refractivity contribution in [2.24, 2.45) is 0 Å². The first kappa shape index (κ1) is 13.7. The zero-order chi connectivity index (χ0) is 14.0. The first-order valence-corrected chi connectivity index (χ1v) is 6.06. The van der Waals surface area contributed by atoms with Gasteiger partial charge in [-0.2, -0.15) is 22.5 Å². The second-order valence-corrected chi connectivity index (χ2v) is 4.59. The number of benzene rings is 1. The predicted molar refractivity (Wildman–Crippen MR) is 63.3 cm³/mol. The molecule has 0 saturated heterocycles. The normalized spacial score (nSPS) is 13.3. The lowest BCUT2D eigenvalue weighted by atomic mass is 10.1. The number of nitrogens with one attached hydrogen (secondary N) is 1. The van der Waals surface area contributed by atoms with Crippen LogP contribution < -0.4 is 5.32 Å². The van der Waals surface area contributed by atoms with E-state index in [0.29, 0.717) is 17.1 Å². The zero-order valence-corrected chi connectivity index (χ0v) is 10.5. The Hall–Kier alpha value is -1.70. The summed E-state index contributed by atoms with van der Waals surface area (Å²) >= 11 is 0.618. The largest absolute Gasteiger partial charge is 0.452 e. The van der Waals surface area contributed by atoms with Gasteiger partial charge in [0.2, 0.25) is 11.0 Å². The minimum Gasteiger partial charge on any atom is -0.354 e. The number of nitrogens with zero attached hydrogens (tertiary/aromatic N) is 2. The third-order valence-corrected chi connectivity index (χ3v) is 3.01. The minimum absolute atomic E-state index is 0.0455. The Morgan fingerprint density at radius 1 is 1.32 bits per heavy atom. The van der Waals surface area contributed by atoms with Crippen LogP contribution in [0.25, 0.3) is 0 Å². The van der Waals surface area contributed by atoms with Crippen molar-refractivity contribution in [1.82, 2.24) is 9.36 Å². The number of hydrogen-bond acceptors (Lipinski definition) is 4. The van der Waals surface area contributed by atoms with Crippen LogP contribution in [0.1, 0.15) is 24.4 Å². The number of halogens is 4. The molecule has 2 rings (SSSR count). The van der Waals surface area contributed by atoms with Crippen molar-refractivity contribution in [3.8, 4) is 0 Å². The SMILES string of the molecule is CC(Nc1nc(C(F)(F)F)ns1)c1cccc(F)c1. The molecule has 0 amide bonds. The van der Waals surface area contributed by atoms with Gasteiger partial charge in [-0.3, -0.25) is 0 Å². The van der Waals surface area contributed by atoms with Gasteiger partial charge in [-0.15, -0.1) is 0 Å². The number of aromatic nitrogens is 2. The molecule has 1 unspecified atom stereocenters. The Bertz CT molecular complexity index is 567. The van der Waals surface area contributed by atoms with Gasteiger partial charge < -0.3 is 5.32 Å². The summed E-state index contributed by atoms with van der Waals surface area (Å²) < 4.78 is 53.2. The van der Waals surface area contributed by atoms with E-state index in [1.165, 1.54) is 18.2 Å². The summed E-state index contributed by atoms with van der Waals surface area (Å²) in [5.74, 6) is -1.58. The molecule has 2 aromatic rings. The number of hydrogen-bond donors (Lipinski definition) is 1. The van der Waals surface area contributed by atoms with Crippen LogP contribution in [0.15, 0.2) is 24.3 Å². The standard InChI is InChI=1S/C11H9F4N3S/c1-6(7-3-2-4-8(12)5-7)16-10-17-9(18-19-10)11(13,14)15/h2-6H,1H3,(H,16,17,18). The third kappa shape index (κ3) is 3.40. The third-order valence-electron chi connectivity index (χ3n) is 2.37. The van der Waals surface area contributed by atoms with Crippen LogP contribution in [-0.2, 0) is 6.18 Å². The van der Waals surface area contributed by atoms with E-state index in [9.17, 15) is 17.6 Å². The van der Waals surface area contributed by atoms with Gasteiger partial charge in [0.15, 0.2) is 0 Å². The van der Waals surface area contributed by atoms with Gasteiger partial charge in [-0.1, -0.05) is 12.1 Å². The van der Waals surface area contributed by atoms with Crippen molar-refractivity contribution in [1.29, 1.82) is 0 Å². The van der Waals surface area contributed by atoms with E-state index in [0.717, 1.165) is 0 Å². The highest BCUT2D eigenvalue weighted by atomic mass is 32.1. The highest BCUT2D eigenvalue weighted by molar-refractivity contribution is 7.09. The average molecular weight is 291 g/mol. The van der Waals surface area contributed by atoms with Crippen LogP contribution in [0.3, 0.4) is 0 Å². The van der Waals surface area contributed by atoms with Gasteiger partial charge in [0, 0.05) is 11.5 Å². The predicted octanol–water partition coefficient (Wildman–Crippen LogP) is 3.87. The first-order valence-electron chi connectivity index (χ1n) is 5.29. The molecule has 19 heavy (non-hydrogen) atoms. The van der Waals surface area contributed by atoms with Crippen molar-refractivity contribution >= 4 is 16.7 Å². The second-order valence-electron chi connectivity index (χ2n) is 3.84. The van der Waals surface area contributed by atoms with E-state index in [1.807, 2.05) is 0 Å². The molecule has 0 aliphatic heterocycles. The number of rotatable bonds is 3. The molecule has 102 valence electrons. The molecule has 0 aliphatic rings. The van der Waals surface area contributed by atoms with Gasteiger partial charge in [0.1, 0.15) is 5.82 Å².